The van der Waals surface area contributed by atoms with E-state index in [2.05, 4.69) is 25.6 Å². The zero-order valence-electron chi connectivity index (χ0n) is 12.1. The molecule has 23 heavy (non-hydrogen) atoms. The van der Waals surface area contributed by atoms with Crippen molar-refractivity contribution in [3.63, 3.8) is 0 Å². The van der Waals surface area contributed by atoms with E-state index in [4.69, 9.17) is 0 Å². The number of aryl methyl sites for hydroxylation is 1. The number of thiazole rings is 1. The highest BCUT2D eigenvalue weighted by Gasteiger charge is 2.19. The Morgan fingerprint density at radius 1 is 1.22 bits per heavy atom. The number of thiophene rings is 1. The van der Waals surface area contributed by atoms with Crippen molar-refractivity contribution in [1.82, 2.24) is 4.98 Å². The van der Waals surface area contributed by atoms with E-state index in [-0.39, 0.29) is 4.21 Å². The lowest BCUT2D eigenvalue weighted by Gasteiger charge is -2.07. The van der Waals surface area contributed by atoms with Crippen LogP contribution in [0.3, 0.4) is 0 Å². The number of anilines is 1. The van der Waals surface area contributed by atoms with Crippen LogP contribution in [0.5, 0.6) is 0 Å². The van der Waals surface area contributed by atoms with Crippen molar-refractivity contribution in [1.29, 1.82) is 0 Å². The van der Waals surface area contributed by atoms with Crippen molar-refractivity contribution in [2.75, 3.05) is 4.72 Å². The largest absolute Gasteiger partial charge is 0.278 e. The number of nitrogens with one attached hydrogen (secondary N) is 1. The SMILES string of the molecule is CCc1csc(-c2ccc(S(=O)(=O)Nc3ccccc3Br)s2)n1. The standard InChI is InChI=1S/C15H13BrN2O2S3/c1-2-10-9-21-15(17-10)13-7-8-14(22-13)23(19,20)18-12-6-4-3-5-11(12)16/h3-9,18H,2H2,1H3. The Balaban J connectivity index is 1.88. The summed E-state index contributed by atoms with van der Waals surface area (Å²) in [5, 5.41) is 2.86. The molecular formula is C15H13BrN2O2S3. The number of hydrogen-bond acceptors (Lipinski definition) is 5. The number of para-hydroxylation sites is 1. The van der Waals surface area contributed by atoms with Crippen LogP contribution in [-0.2, 0) is 16.4 Å². The quantitative estimate of drug-likeness (QED) is 0.621. The van der Waals surface area contributed by atoms with Gasteiger partial charge >= 0.3 is 0 Å². The Morgan fingerprint density at radius 3 is 2.70 bits per heavy atom. The van der Waals surface area contributed by atoms with Gasteiger partial charge in [0.15, 0.2) is 0 Å². The highest BCUT2D eigenvalue weighted by atomic mass is 79.9. The summed E-state index contributed by atoms with van der Waals surface area (Å²) in [6.45, 7) is 2.05. The lowest BCUT2D eigenvalue weighted by molar-refractivity contribution is 0.603. The van der Waals surface area contributed by atoms with Crippen LogP contribution < -0.4 is 4.72 Å². The van der Waals surface area contributed by atoms with E-state index >= 15 is 0 Å². The fraction of sp³-hybridized carbons (Fsp3) is 0.133. The van der Waals surface area contributed by atoms with Gasteiger partial charge in [-0.15, -0.1) is 22.7 Å². The summed E-state index contributed by atoms with van der Waals surface area (Å²) in [7, 11) is -3.61. The maximum absolute atomic E-state index is 12.5. The highest BCUT2D eigenvalue weighted by Crippen LogP contribution is 2.34. The van der Waals surface area contributed by atoms with Gasteiger partial charge in [-0.3, -0.25) is 4.72 Å². The number of halogens is 1. The van der Waals surface area contributed by atoms with Crippen LogP contribution in [0, 0.1) is 0 Å². The van der Waals surface area contributed by atoms with Gasteiger partial charge in [-0.05, 0) is 46.6 Å². The first kappa shape index (κ1) is 16.6. The van der Waals surface area contributed by atoms with Gasteiger partial charge in [-0.25, -0.2) is 13.4 Å². The third kappa shape index (κ3) is 3.65. The van der Waals surface area contributed by atoms with Crippen molar-refractivity contribution < 1.29 is 8.42 Å². The number of aromatic nitrogens is 1. The Labute approximate surface area is 151 Å². The number of sulfonamides is 1. The van der Waals surface area contributed by atoms with E-state index in [1.807, 2.05) is 18.4 Å². The average Bonchev–Trinajstić information content (AvgIpc) is 3.18. The summed E-state index contributed by atoms with van der Waals surface area (Å²) in [5.41, 5.74) is 1.54. The molecule has 2 heterocycles. The Bertz CT molecular complexity index is 932. The second-order valence-corrected chi connectivity index (χ2v) is 9.41. The molecule has 4 nitrogen and oxygen atoms in total. The minimum atomic E-state index is -3.61. The van der Waals surface area contributed by atoms with Gasteiger partial charge in [-0.2, -0.15) is 0 Å². The summed E-state index contributed by atoms with van der Waals surface area (Å²) < 4.78 is 28.6. The van der Waals surface area contributed by atoms with E-state index in [9.17, 15) is 8.42 Å². The molecule has 0 radical (unpaired) electrons. The Hall–Kier alpha value is -1.22. The molecule has 0 aliphatic rings. The van der Waals surface area contributed by atoms with Crippen molar-refractivity contribution in [3.8, 4) is 9.88 Å². The Morgan fingerprint density at radius 2 is 2.00 bits per heavy atom. The molecule has 0 atom stereocenters. The number of rotatable bonds is 5. The van der Waals surface area contributed by atoms with E-state index in [0.29, 0.717) is 10.2 Å². The van der Waals surface area contributed by atoms with Crippen molar-refractivity contribution >= 4 is 54.3 Å². The van der Waals surface area contributed by atoms with Crippen LogP contribution in [0.15, 0.2) is 50.5 Å². The van der Waals surface area contributed by atoms with E-state index < -0.39 is 10.0 Å². The monoisotopic (exact) mass is 428 g/mol. The van der Waals surface area contributed by atoms with Crippen molar-refractivity contribution in [2.24, 2.45) is 0 Å². The maximum atomic E-state index is 12.5. The summed E-state index contributed by atoms with van der Waals surface area (Å²) in [5.74, 6) is 0. The zero-order chi connectivity index (χ0) is 16.4. The van der Waals surface area contributed by atoms with Crippen LogP contribution in [0.4, 0.5) is 5.69 Å². The summed E-state index contributed by atoms with van der Waals surface area (Å²) in [6, 6.07) is 10.5. The number of benzene rings is 1. The van der Waals surface area contributed by atoms with Gasteiger partial charge in [0, 0.05) is 9.85 Å². The fourth-order valence-electron chi connectivity index (χ4n) is 1.90. The third-order valence-electron chi connectivity index (χ3n) is 3.09. The van der Waals surface area contributed by atoms with Crippen molar-refractivity contribution in [2.45, 2.75) is 17.6 Å². The molecule has 3 aromatic rings. The molecule has 0 spiro atoms. The molecule has 0 saturated carbocycles. The molecule has 0 saturated heterocycles. The molecular weight excluding hydrogens is 416 g/mol. The number of hydrogen-bond donors (Lipinski definition) is 1. The second kappa shape index (κ2) is 6.72. The van der Waals surface area contributed by atoms with Crippen LogP contribution in [0.2, 0.25) is 0 Å². The van der Waals surface area contributed by atoms with Crippen LogP contribution >= 0.6 is 38.6 Å². The van der Waals surface area contributed by atoms with Gasteiger partial charge in [0.25, 0.3) is 10.0 Å². The molecule has 8 heteroatoms. The first-order valence-electron chi connectivity index (χ1n) is 6.81. The zero-order valence-corrected chi connectivity index (χ0v) is 16.2. The molecule has 0 bridgehead atoms. The van der Waals surface area contributed by atoms with Gasteiger partial charge in [0.1, 0.15) is 9.22 Å². The molecule has 0 unspecified atom stereocenters. The van der Waals surface area contributed by atoms with Gasteiger partial charge < -0.3 is 0 Å². The maximum Gasteiger partial charge on any atom is 0.271 e. The molecule has 120 valence electrons. The first-order valence-corrected chi connectivity index (χ1v) is 10.8. The van der Waals surface area contributed by atoms with Gasteiger partial charge in [-0.1, -0.05) is 19.1 Å². The summed E-state index contributed by atoms with van der Waals surface area (Å²) in [6.07, 6.45) is 0.872. The van der Waals surface area contributed by atoms with E-state index in [1.165, 1.54) is 22.7 Å². The lowest BCUT2D eigenvalue weighted by atomic mass is 10.3. The molecule has 1 N–H and O–H groups in total. The third-order valence-corrected chi connectivity index (χ3v) is 7.78. The molecule has 0 aliphatic carbocycles. The van der Waals surface area contributed by atoms with Gasteiger partial charge in [0.2, 0.25) is 0 Å². The summed E-state index contributed by atoms with van der Waals surface area (Å²) >= 11 is 6.10. The molecule has 0 fully saturated rings. The molecule has 3 rings (SSSR count). The highest BCUT2D eigenvalue weighted by molar-refractivity contribution is 9.10. The minimum absolute atomic E-state index is 0.275. The minimum Gasteiger partial charge on any atom is -0.278 e. The van der Waals surface area contributed by atoms with Gasteiger partial charge in [0.05, 0.1) is 16.3 Å². The molecule has 1 aromatic carbocycles. The Kier molecular flexibility index (Phi) is 4.86. The van der Waals surface area contributed by atoms with E-state index in [0.717, 1.165) is 22.0 Å². The molecule has 0 amide bonds. The first-order chi connectivity index (χ1) is 11.0. The van der Waals surface area contributed by atoms with Crippen LogP contribution in [0.1, 0.15) is 12.6 Å². The molecule has 0 aliphatic heterocycles. The lowest BCUT2D eigenvalue weighted by Crippen LogP contribution is -2.11. The molecule has 2 aromatic heterocycles. The average molecular weight is 429 g/mol. The van der Waals surface area contributed by atoms with E-state index in [1.54, 1.807) is 30.3 Å². The predicted molar refractivity (Wildman–Crippen MR) is 99.8 cm³/mol. The topological polar surface area (TPSA) is 59.1 Å². The van der Waals surface area contributed by atoms with Crippen molar-refractivity contribution in [3.05, 3.63) is 51.9 Å². The van der Waals surface area contributed by atoms with Crippen LogP contribution in [-0.4, -0.2) is 13.4 Å². The fourth-order valence-corrected chi connectivity index (χ4v) is 5.78. The summed E-state index contributed by atoms with van der Waals surface area (Å²) in [4.78, 5) is 5.36. The van der Waals surface area contributed by atoms with Crippen LogP contribution in [0.25, 0.3) is 9.88 Å². The normalized spacial score (nSPS) is 11.6. The number of nitrogens with zero attached hydrogens (tertiary/aromatic N) is 1. The predicted octanol–water partition coefficient (Wildman–Crippen LogP) is 5.00. The smallest absolute Gasteiger partial charge is 0.271 e. The second-order valence-electron chi connectivity index (χ2n) is 4.70.